The zero-order valence-corrected chi connectivity index (χ0v) is 12.3. The Bertz CT molecular complexity index is 393. The van der Waals surface area contributed by atoms with E-state index < -0.39 is 0 Å². The second-order valence-corrected chi connectivity index (χ2v) is 5.62. The van der Waals surface area contributed by atoms with Crippen LogP contribution in [0.15, 0.2) is 12.4 Å². The van der Waals surface area contributed by atoms with Crippen LogP contribution in [0.3, 0.4) is 0 Å². The molecule has 0 saturated carbocycles. The van der Waals surface area contributed by atoms with Gasteiger partial charge in [-0.3, -0.25) is 0 Å². The number of piperazine rings is 1. The average Bonchev–Trinajstić information content (AvgIpc) is 2.81. The number of likely N-dealkylation sites (N-methyl/N-ethyl adjacent to an activating group) is 2. The lowest BCUT2D eigenvalue weighted by Crippen LogP contribution is -2.51. The zero-order valence-electron chi connectivity index (χ0n) is 12.3. The van der Waals surface area contributed by atoms with Crippen LogP contribution in [0, 0.1) is 0 Å². The molecule has 2 rings (SSSR count). The Balaban J connectivity index is 1.88. The van der Waals surface area contributed by atoms with Gasteiger partial charge in [0.15, 0.2) is 0 Å². The third-order valence-electron chi connectivity index (χ3n) is 4.08. The molecule has 1 N–H and O–H groups in total. The van der Waals surface area contributed by atoms with Crippen molar-refractivity contribution in [2.24, 2.45) is 0 Å². The Morgan fingerprint density at radius 3 is 2.95 bits per heavy atom. The fourth-order valence-electron chi connectivity index (χ4n) is 2.78. The SMILES string of the molecule is CCn1ccnc1CC(O)CC1CN(C)CCN1C. The maximum atomic E-state index is 10.3. The molecule has 5 heteroatoms. The van der Waals surface area contributed by atoms with Gasteiger partial charge in [-0.15, -0.1) is 0 Å². The third-order valence-corrected chi connectivity index (χ3v) is 4.08. The summed E-state index contributed by atoms with van der Waals surface area (Å²) in [4.78, 5) is 9.03. The van der Waals surface area contributed by atoms with Crippen LogP contribution in [0.4, 0.5) is 0 Å². The van der Waals surface area contributed by atoms with Crippen molar-refractivity contribution in [1.82, 2.24) is 19.4 Å². The molecule has 2 heterocycles. The smallest absolute Gasteiger partial charge is 0.111 e. The van der Waals surface area contributed by atoms with Crippen LogP contribution in [0.25, 0.3) is 0 Å². The van der Waals surface area contributed by atoms with Crippen molar-refractivity contribution in [2.75, 3.05) is 33.7 Å². The summed E-state index contributed by atoms with van der Waals surface area (Å²) in [6.45, 7) is 6.24. The van der Waals surface area contributed by atoms with Crippen LogP contribution < -0.4 is 0 Å². The molecule has 0 spiro atoms. The molecule has 1 aromatic heterocycles. The van der Waals surface area contributed by atoms with Gasteiger partial charge < -0.3 is 19.5 Å². The number of nitrogens with zero attached hydrogens (tertiary/aromatic N) is 4. The number of aliphatic hydroxyl groups is 1. The summed E-state index contributed by atoms with van der Waals surface area (Å²) in [5.41, 5.74) is 0. The zero-order chi connectivity index (χ0) is 13.8. The van der Waals surface area contributed by atoms with Crippen LogP contribution in [0.1, 0.15) is 19.2 Å². The summed E-state index contributed by atoms with van der Waals surface area (Å²) in [6.07, 6.45) is 4.94. The van der Waals surface area contributed by atoms with E-state index in [1.807, 2.05) is 12.4 Å². The number of aromatic nitrogens is 2. The van der Waals surface area contributed by atoms with Gasteiger partial charge >= 0.3 is 0 Å². The van der Waals surface area contributed by atoms with E-state index in [9.17, 15) is 5.11 Å². The fraction of sp³-hybridized carbons (Fsp3) is 0.786. The lowest BCUT2D eigenvalue weighted by atomic mass is 10.0. The van der Waals surface area contributed by atoms with Crippen molar-refractivity contribution in [1.29, 1.82) is 0 Å². The van der Waals surface area contributed by atoms with Crippen LogP contribution in [-0.4, -0.2) is 70.3 Å². The molecule has 5 nitrogen and oxygen atoms in total. The first-order chi connectivity index (χ1) is 9.10. The van der Waals surface area contributed by atoms with Gasteiger partial charge in [0.2, 0.25) is 0 Å². The van der Waals surface area contributed by atoms with Crippen molar-refractivity contribution < 1.29 is 5.11 Å². The molecular formula is C14H26N4O. The van der Waals surface area contributed by atoms with Crippen molar-refractivity contribution in [3.8, 4) is 0 Å². The molecule has 1 aliphatic heterocycles. The van der Waals surface area contributed by atoms with E-state index >= 15 is 0 Å². The molecule has 0 radical (unpaired) electrons. The van der Waals surface area contributed by atoms with Gasteiger partial charge in [-0.1, -0.05) is 0 Å². The van der Waals surface area contributed by atoms with E-state index in [-0.39, 0.29) is 6.10 Å². The van der Waals surface area contributed by atoms with E-state index in [2.05, 4.69) is 40.4 Å². The molecule has 1 saturated heterocycles. The number of aliphatic hydroxyl groups excluding tert-OH is 1. The van der Waals surface area contributed by atoms with Crippen LogP contribution in [0.5, 0.6) is 0 Å². The van der Waals surface area contributed by atoms with E-state index in [1.54, 1.807) is 0 Å². The van der Waals surface area contributed by atoms with E-state index in [4.69, 9.17) is 0 Å². The molecular weight excluding hydrogens is 240 g/mol. The third kappa shape index (κ3) is 3.78. The number of hydrogen-bond donors (Lipinski definition) is 1. The highest BCUT2D eigenvalue weighted by molar-refractivity contribution is 4.95. The molecule has 1 fully saturated rings. The first-order valence-corrected chi connectivity index (χ1v) is 7.17. The summed E-state index contributed by atoms with van der Waals surface area (Å²) in [5.74, 6) is 0.988. The predicted molar refractivity (Wildman–Crippen MR) is 76.1 cm³/mol. The Labute approximate surface area is 115 Å². The summed E-state index contributed by atoms with van der Waals surface area (Å²) in [5, 5.41) is 10.3. The minimum Gasteiger partial charge on any atom is -0.393 e. The highest BCUT2D eigenvalue weighted by atomic mass is 16.3. The summed E-state index contributed by atoms with van der Waals surface area (Å²) < 4.78 is 2.10. The summed E-state index contributed by atoms with van der Waals surface area (Å²) in [6, 6.07) is 0.443. The van der Waals surface area contributed by atoms with E-state index in [0.29, 0.717) is 12.5 Å². The molecule has 2 atom stereocenters. The lowest BCUT2D eigenvalue weighted by Gasteiger charge is -2.38. The minimum atomic E-state index is -0.313. The van der Waals surface area contributed by atoms with Gasteiger partial charge in [-0.25, -0.2) is 4.98 Å². The number of rotatable bonds is 5. The van der Waals surface area contributed by atoms with Crippen molar-refractivity contribution in [3.63, 3.8) is 0 Å². The van der Waals surface area contributed by atoms with E-state index in [0.717, 1.165) is 38.4 Å². The van der Waals surface area contributed by atoms with Crippen LogP contribution in [0.2, 0.25) is 0 Å². The van der Waals surface area contributed by atoms with Crippen LogP contribution >= 0.6 is 0 Å². The molecule has 2 unspecified atom stereocenters. The Morgan fingerprint density at radius 1 is 1.42 bits per heavy atom. The molecule has 1 aliphatic rings. The quantitative estimate of drug-likeness (QED) is 0.840. The highest BCUT2D eigenvalue weighted by Crippen LogP contribution is 2.14. The molecule has 0 aliphatic carbocycles. The van der Waals surface area contributed by atoms with Crippen molar-refractivity contribution in [2.45, 2.75) is 38.5 Å². The average molecular weight is 266 g/mol. The van der Waals surface area contributed by atoms with Crippen molar-refractivity contribution >= 4 is 0 Å². The fourth-order valence-corrected chi connectivity index (χ4v) is 2.78. The van der Waals surface area contributed by atoms with Crippen molar-refractivity contribution in [3.05, 3.63) is 18.2 Å². The second kappa shape index (κ2) is 6.50. The maximum absolute atomic E-state index is 10.3. The largest absolute Gasteiger partial charge is 0.393 e. The van der Waals surface area contributed by atoms with Gasteiger partial charge in [0, 0.05) is 51.0 Å². The van der Waals surface area contributed by atoms with Crippen LogP contribution in [-0.2, 0) is 13.0 Å². The maximum Gasteiger partial charge on any atom is 0.111 e. The van der Waals surface area contributed by atoms with Gasteiger partial charge in [-0.05, 0) is 27.4 Å². The first kappa shape index (κ1) is 14.5. The van der Waals surface area contributed by atoms with Gasteiger partial charge in [0.25, 0.3) is 0 Å². The summed E-state index contributed by atoms with van der Waals surface area (Å²) >= 11 is 0. The highest BCUT2D eigenvalue weighted by Gasteiger charge is 2.25. The minimum absolute atomic E-state index is 0.313. The Morgan fingerprint density at radius 2 is 2.21 bits per heavy atom. The Kier molecular flexibility index (Phi) is 4.96. The molecule has 0 bridgehead atoms. The van der Waals surface area contributed by atoms with E-state index in [1.165, 1.54) is 0 Å². The topological polar surface area (TPSA) is 44.5 Å². The molecule has 0 aromatic carbocycles. The number of aryl methyl sites for hydroxylation is 1. The van der Waals surface area contributed by atoms with Gasteiger partial charge in [0.1, 0.15) is 5.82 Å². The molecule has 108 valence electrons. The summed E-state index contributed by atoms with van der Waals surface area (Å²) in [7, 11) is 4.30. The molecule has 1 aromatic rings. The standard InChI is InChI=1S/C14H26N4O/c1-4-18-6-5-15-14(18)10-13(19)9-12-11-16(2)7-8-17(12)3/h5-6,12-13,19H,4,7-11H2,1-3H3. The monoisotopic (exact) mass is 266 g/mol. The second-order valence-electron chi connectivity index (χ2n) is 5.62. The first-order valence-electron chi connectivity index (χ1n) is 7.17. The Hall–Kier alpha value is -0.910. The number of hydrogen-bond acceptors (Lipinski definition) is 4. The molecule has 0 amide bonds. The normalized spacial score (nSPS) is 23.7. The molecule has 19 heavy (non-hydrogen) atoms. The van der Waals surface area contributed by atoms with Gasteiger partial charge in [0.05, 0.1) is 6.10 Å². The number of imidazole rings is 1. The predicted octanol–water partition coefficient (Wildman–Crippen LogP) is 0.442. The lowest BCUT2D eigenvalue weighted by molar-refractivity contribution is 0.0629. The van der Waals surface area contributed by atoms with Gasteiger partial charge in [-0.2, -0.15) is 0 Å².